The molecule has 0 saturated heterocycles. The first-order valence-corrected chi connectivity index (χ1v) is 11.9. The summed E-state index contributed by atoms with van der Waals surface area (Å²) in [6.07, 6.45) is 0. The molecule has 0 bridgehead atoms. The number of sulfonamides is 1. The van der Waals surface area contributed by atoms with Crippen molar-refractivity contribution in [1.82, 2.24) is 5.32 Å². The molecule has 3 aromatic carbocycles. The van der Waals surface area contributed by atoms with Crippen LogP contribution >= 0.6 is 0 Å². The second-order valence-electron chi connectivity index (χ2n) is 7.51. The molecule has 9 nitrogen and oxygen atoms in total. The van der Waals surface area contributed by atoms with Crippen LogP contribution in [0.5, 0.6) is 23.0 Å². The molecule has 1 amide bonds. The first kappa shape index (κ1) is 23.2. The molecule has 34 heavy (non-hydrogen) atoms. The van der Waals surface area contributed by atoms with Gasteiger partial charge in [0.1, 0.15) is 11.5 Å². The summed E-state index contributed by atoms with van der Waals surface area (Å²) in [6, 6.07) is 16.5. The summed E-state index contributed by atoms with van der Waals surface area (Å²) >= 11 is 0. The molecule has 1 aliphatic heterocycles. The van der Waals surface area contributed by atoms with Crippen LogP contribution in [0.25, 0.3) is 0 Å². The van der Waals surface area contributed by atoms with Crippen molar-refractivity contribution in [3.63, 3.8) is 0 Å². The number of hydrogen-bond acceptors (Lipinski definition) is 7. The molecule has 2 N–H and O–H groups in total. The summed E-state index contributed by atoms with van der Waals surface area (Å²) in [5.41, 5.74) is 1.87. The van der Waals surface area contributed by atoms with Crippen molar-refractivity contribution in [2.75, 3.05) is 25.2 Å². The normalized spacial score (nSPS) is 12.2. The van der Waals surface area contributed by atoms with Crippen molar-refractivity contribution in [3.8, 4) is 23.0 Å². The number of rotatable bonds is 9. The highest BCUT2D eigenvalue weighted by Crippen LogP contribution is 2.32. The predicted molar refractivity (Wildman–Crippen MR) is 125 cm³/mol. The first-order valence-electron chi connectivity index (χ1n) is 10.4. The van der Waals surface area contributed by atoms with Gasteiger partial charge in [0.2, 0.25) is 6.79 Å². The number of nitrogens with one attached hydrogen (secondary N) is 2. The van der Waals surface area contributed by atoms with E-state index < -0.39 is 10.0 Å². The second-order valence-corrected chi connectivity index (χ2v) is 9.20. The standard InChI is InChI=1S/C24H24N2O7S/c1-16-11-20(34(28,29)26-18-4-6-19(30-2)7-5-18)8-10-21(16)31-14-24(27)25-13-17-3-9-22-23(12-17)33-15-32-22/h3-12,26H,13-15H2,1-2H3,(H,25,27). The molecule has 0 aromatic heterocycles. The highest BCUT2D eigenvalue weighted by molar-refractivity contribution is 7.92. The maximum atomic E-state index is 12.7. The van der Waals surface area contributed by atoms with E-state index in [4.69, 9.17) is 18.9 Å². The molecule has 0 radical (unpaired) electrons. The Hall–Kier alpha value is -3.92. The molecule has 10 heteroatoms. The molecule has 0 fully saturated rings. The van der Waals surface area contributed by atoms with Gasteiger partial charge in [-0.25, -0.2) is 8.42 Å². The smallest absolute Gasteiger partial charge is 0.261 e. The van der Waals surface area contributed by atoms with E-state index in [0.717, 1.165) is 5.56 Å². The number of anilines is 1. The summed E-state index contributed by atoms with van der Waals surface area (Å²) < 4.78 is 49.2. The molecule has 0 aliphatic carbocycles. The molecule has 0 spiro atoms. The van der Waals surface area contributed by atoms with Crippen LogP contribution in [-0.2, 0) is 21.4 Å². The fourth-order valence-electron chi connectivity index (χ4n) is 3.27. The van der Waals surface area contributed by atoms with Crippen LogP contribution in [0.3, 0.4) is 0 Å². The average molecular weight is 485 g/mol. The molecule has 0 unspecified atom stereocenters. The number of amides is 1. The van der Waals surface area contributed by atoms with Gasteiger partial charge in [-0.05, 0) is 72.6 Å². The van der Waals surface area contributed by atoms with Crippen LogP contribution in [0, 0.1) is 6.92 Å². The van der Waals surface area contributed by atoms with E-state index in [1.165, 1.54) is 25.3 Å². The van der Waals surface area contributed by atoms with Gasteiger partial charge < -0.3 is 24.3 Å². The minimum Gasteiger partial charge on any atom is -0.497 e. The fourth-order valence-corrected chi connectivity index (χ4v) is 4.41. The van der Waals surface area contributed by atoms with Crippen molar-refractivity contribution in [1.29, 1.82) is 0 Å². The molecular weight excluding hydrogens is 460 g/mol. The predicted octanol–water partition coefficient (Wildman–Crippen LogP) is 3.23. The Morgan fingerprint density at radius 2 is 1.76 bits per heavy atom. The Bertz CT molecular complexity index is 1290. The lowest BCUT2D eigenvalue weighted by Crippen LogP contribution is -2.28. The lowest BCUT2D eigenvalue weighted by molar-refractivity contribution is -0.123. The number of ether oxygens (including phenoxy) is 4. The molecule has 178 valence electrons. The van der Waals surface area contributed by atoms with Gasteiger partial charge in [0, 0.05) is 12.2 Å². The lowest BCUT2D eigenvalue weighted by Gasteiger charge is -2.13. The second kappa shape index (κ2) is 9.92. The maximum absolute atomic E-state index is 12.7. The minimum absolute atomic E-state index is 0.0837. The van der Waals surface area contributed by atoms with Gasteiger partial charge in [-0.15, -0.1) is 0 Å². The summed E-state index contributed by atoms with van der Waals surface area (Å²) in [4.78, 5) is 12.3. The number of carbonyl (C=O) groups excluding carboxylic acids is 1. The molecule has 1 aliphatic rings. The van der Waals surface area contributed by atoms with Crippen LogP contribution < -0.4 is 29.0 Å². The number of carbonyl (C=O) groups is 1. The van der Waals surface area contributed by atoms with Crippen LogP contribution in [0.4, 0.5) is 5.69 Å². The van der Waals surface area contributed by atoms with Crippen LogP contribution in [0.1, 0.15) is 11.1 Å². The van der Waals surface area contributed by atoms with Gasteiger partial charge >= 0.3 is 0 Å². The van der Waals surface area contributed by atoms with E-state index in [-0.39, 0.29) is 24.2 Å². The SMILES string of the molecule is COc1ccc(NS(=O)(=O)c2ccc(OCC(=O)NCc3ccc4c(c3)OCO4)c(C)c2)cc1. The first-order chi connectivity index (χ1) is 16.3. The molecule has 0 atom stereocenters. The number of benzene rings is 3. The van der Waals surface area contributed by atoms with Gasteiger partial charge in [-0.2, -0.15) is 0 Å². The summed E-state index contributed by atoms with van der Waals surface area (Å²) in [5.74, 6) is 2.06. The quantitative estimate of drug-likeness (QED) is 0.480. The zero-order chi connectivity index (χ0) is 24.1. The van der Waals surface area contributed by atoms with Crippen molar-refractivity contribution in [3.05, 3.63) is 71.8 Å². The third-order valence-electron chi connectivity index (χ3n) is 5.08. The summed E-state index contributed by atoms with van der Waals surface area (Å²) in [6.45, 7) is 2.01. The zero-order valence-electron chi connectivity index (χ0n) is 18.7. The molecule has 1 heterocycles. The van der Waals surface area contributed by atoms with Gasteiger partial charge in [0.05, 0.1) is 12.0 Å². The number of fused-ring (bicyclic) bond motifs is 1. The summed E-state index contributed by atoms with van der Waals surface area (Å²) in [5, 5.41) is 2.78. The Balaban J connectivity index is 1.32. The highest BCUT2D eigenvalue weighted by Gasteiger charge is 2.17. The van der Waals surface area contributed by atoms with E-state index >= 15 is 0 Å². The Morgan fingerprint density at radius 1 is 1.00 bits per heavy atom. The van der Waals surface area contributed by atoms with Gasteiger partial charge in [0.25, 0.3) is 15.9 Å². The van der Waals surface area contributed by atoms with Crippen LogP contribution in [-0.4, -0.2) is 34.8 Å². The fraction of sp³-hybridized carbons (Fsp3) is 0.208. The highest BCUT2D eigenvalue weighted by atomic mass is 32.2. The van der Waals surface area contributed by atoms with Gasteiger partial charge in [-0.1, -0.05) is 6.07 Å². The third-order valence-corrected chi connectivity index (χ3v) is 6.46. The molecular formula is C24H24N2O7S. The molecule has 0 saturated carbocycles. The number of methoxy groups -OCH3 is 1. The van der Waals surface area contributed by atoms with Crippen LogP contribution in [0.2, 0.25) is 0 Å². The minimum atomic E-state index is -3.79. The van der Waals surface area contributed by atoms with E-state index in [9.17, 15) is 13.2 Å². The zero-order valence-corrected chi connectivity index (χ0v) is 19.5. The van der Waals surface area contributed by atoms with Crippen molar-refractivity contribution >= 4 is 21.6 Å². The van der Waals surface area contributed by atoms with E-state index in [1.807, 2.05) is 12.1 Å². The van der Waals surface area contributed by atoms with Gasteiger partial charge in [-0.3, -0.25) is 9.52 Å². The van der Waals surface area contributed by atoms with Crippen molar-refractivity contribution < 1.29 is 32.2 Å². The van der Waals surface area contributed by atoms with Gasteiger partial charge in [0.15, 0.2) is 18.1 Å². The maximum Gasteiger partial charge on any atom is 0.261 e. The Kier molecular flexibility index (Phi) is 6.78. The van der Waals surface area contributed by atoms with Crippen molar-refractivity contribution in [2.24, 2.45) is 0 Å². The van der Waals surface area contributed by atoms with E-state index in [2.05, 4.69) is 10.0 Å². The molecule has 3 aromatic rings. The monoisotopic (exact) mass is 484 g/mol. The number of aryl methyl sites for hydroxylation is 1. The average Bonchev–Trinajstić information content (AvgIpc) is 3.30. The Labute approximate surface area is 197 Å². The van der Waals surface area contributed by atoms with E-state index in [0.29, 0.717) is 40.8 Å². The van der Waals surface area contributed by atoms with Crippen LogP contribution in [0.15, 0.2) is 65.6 Å². The topological polar surface area (TPSA) is 112 Å². The molecule has 4 rings (SSSR count). The van der Waals surface area contributed by atoms with E-state index in [1.54, 1.807) is 37.3 Å². The largest absolute Gasteiger partial charge is 0.497 e. The summed E-state index contributed by atoms with van der Waals surface area (Å²) in [7, 11) is -2.26. The Morgan fingerprint density at radius 3 is 2.50 bits per heavy atom. The third kappa shape index (κ3) is 5.52. The lowest BCUT2D eigenvalue weighted by atomic mass is 10.2. The van der Waals surface area contributed by atoms with Crippen molar-refractivity contribution in [2.45, 2.75) is 18.4 Å². The number of hydrogen-bond donors (Lipinski definition) is 2.